The summed E-state index contributed by atoms with van der Waals surface area (Å²) in [4.78, 5) is 14.7. The van der Waals surface area contributed by atoms with Crippen LogP contribution in [0.1, 0.15) is 62.6 Å². The van der Waals surface area contributed by atoms with E-state index < -0.39 is 0 Å². The molecule has 0 bridgehead atoms. The van der Waals surface area contributed by atoms with Crippen LogP contribution in [0.5, 0.6) is 0 Å². The van der Waals surface area contributed by atoms with Gasteiger partial charge in [-0.1, -0.05) is 42.7 Å². The van der Waals surface area contributed by atoms with Crippen molar-refractivity contribution in [1.82, 2.24) is 4.90 Å². The van der Waals surface area contributed by atoms with Crippen molar-refractivity contribution in [2.75, 3.05) is 6.54 Å². The third kappa shape index (κ3) is 4.57. The molecular formula is C18H28N2O. The van der Waals surface area contributed by atoms with E-state index in [2.05, 4.69) is 36.1 Å². The standard InChI is InChI=1S/C18H28N2O/c1-14-7-6-8-16(13-14)17-9-4-3-5-12-20(17)18(21)11-10-15(2)19/h6-8,13,15,17H,3-5,9-12,19H2,1-2H3. The fourth-order valence-corrected chi connectivity index (χ4v) is 3.13. The Morgan fingerprint density at radius 2 is 2.19 bits per heavy atom. The fourth-order valence-electron chi connectivity index (χ4n) is 3.13. The van der Waals surface area contributed by atoms with Gasteiger partial charge in [-0.25, -0.2) is 0 Å². The van der Waals surface area contributed by atoms with E-state index in [0.29, 0.717) is 6.42 Å². The SMILES string of the molecule is Cc1cccc(C2CCCCCN2C(=O)CCC(C)N)c1. The van der Waals surface area contributed by atoms with Crippen LogP contribution in [0.15, 0.2) is 24.3 Å². The topological polar surface area (TPSA) is 46.3 Å². The molecule has 0 aliphatic carbocycles. The minimum absolute atomic E-state index is 0.0957. The Labute approximate surface area is 128 Å². The molecule has 1 amide bonds. The highest BCUT2D eigenvalue weighted by molar-refractivity contribution is 5.76. The minimum Gasteiger partial charge on any atom is -0.336 e. The molecule has 2 atom stereocenters. The van der Waals surface area contributed by atoms with Gasteiger partial charge in [-0.3, -0.25) is 4.79 Å². The number of carbonyl (C=O) groups is 1. The number of hydrogen-bond donors (Lipinski definition) is 1. The lowest BCUT2D eigenvalue weighted by Crippen LogP contribution is -2.35. The Bertz CT molecular complexity index is 470. The highest BCUT2D eigenvalue weighted by Gasteiger charge is 2.26. The molecule has 0 radical (unpaired) electrons. The van der Waals surface area contributed by atoms with Crippen LogP contribution < -0.4 is 5.73 Å². The van der Waals surface area contributed by atoms with Gasteiger partial charge in [0.05, 0.1) is 6.04 Å². The van der Waals surface area contributed by atoms with Gasteiger partial charge in [0.1, 0.15) is 0 Å². The highest BCUT2D eigenvalue weighted by atomic mass is 16.2. The molecule has 2 N–H and O–H groups in total. The van der Waals surface area contributed by atoms with Crippen LogP contribution in [0, 0.1) is 6.92 Å². The summed E-state index contributed by atoms with van der Waals surface area (Å²) in [6.45, 7) is 4.96. The molecule has 1 aromatic carbocycles. The Morgan fingerprint density at radius 1 is 1.38 bits per heavy atom. The van der Waals surface area contributed by atoms with E-state index in [1.54, 1.807) is 0 Å². The van der Waals surface area contributed by atoms with Gasteiger partial charge in [-0.15, -0.1) is 0 Å². The first-order valence-corrected chi connectivity index (χ1v) is 8.19. The van der Waals surface area contributed by atoms with Crippen molar-refractivity contribution < 1.29 is 4.79 Å². The second-order valence-electron chi connectivity index (χ2n) is 6.38. The number of amides is 1. The zero-order valence-corrected chi connectivity index (χ0v) is 13.3. The summed E-state index contributed by atoms with van der Waals surface area (Å²) in [7, 11) is 0. The summed E-state index contributed by atoms with van der Waals surface area (Å²) in [6, 6.07) is 8.94. The summed E-state index contributed by atoms with van der Waals surface area (Å²) in [5.41, 5.74) is 8.34. The largest absolute Gasteiger partial charge is 0.336 e. The number of aryl methyl sites for hydroxylation is 1. The van der Waals surface area contributed by atoms with Crippen LogP contribution in [-0.4, -0.2) is 23.4 Å². The molecule has 0 saturated carbocycles. The number of carbonyl (C=O) groups excluding carboxylic acids is 1. The number of nitrogens with zero attached hydrogens (tertiary/aromatic N) is 1. The van der Waals surface area contributed by atoms with Gasteiger partial charge in [0.25, 0.3) is 0 Å². The molecule has 2 unspecified atom stereocenters. The zero-order valence-electron chi connectivity index (χ0n) is 13.3. The highest BCUT2D eigenvalue weighted by Crippen LogP contribution is 2.31. The summed E-state index contributed by atoms with van der Waals surface area (Å²) >= 11 is 0. The maximum atomic E-state index is 12.6. The molecule has 1 aromatic rings. The number of benzene rings is 1. The number of hydrogen-bond acceptors (Lipinski definition) is 2. The lowest BCUT2D eigenvalue weighted by Gasteiger charge is -2.31. The van der Waals surface area contributed by atoms with E-state index in [4.69, 9.17) is 5.73 Å². The number of likely N-dealkylation sites (tertiary alicyclic amines) is 1. The average molecular weight is 288 g/mol. The molecular weight excluding hydrogens is 260 g/mol. The minimum atomic E-state index is 0.0957. The number of nitrogens with two attached hydrogens (primary N) is 1. The van der Waals surface area contributed by atoms with E-state index in [1.807, 2.05) is 6.92 Å². The van der Waals surface area contributed by atoms with Gasteiger partial charge in [0.15, 0.2) is 0 Å². The lowest BCUT2D eigenvalue weighted by atomic mass is 9.98. The van der Waals surface area contributed by atoms with E-state index in [9.17, 15) is 4.79 Å². The first-order chi connectivity index (χ1) is 10.1. The van der Waals surface area contributed by atoms with Gasteiger partial charge in [-0.2, -0.15) is 0 Å². The summed E-state index contributed by atoms with van der Waals surface area (Å²) in [5.74, 6) is 0.265. The predicted molar refractivity (Wildman–Crippen MR) is 87.0 cm³/mol. The van der Waals surface area contributed by atoms with E-state index in [-0.39, 0.29) is 18.0 Å². The fraction of sp³-hybridized carbons (Fsp3) is 0.611. The molecule has 1 aliphatic rings. The molecule has 1 aliphatic heterocycles. The van der Waals surface area contributed by atoms with Crippen molar-refractivity contribution >= 4 is 5.91 Å². The Kier molecular flexibility index (Phi) is 5.80. The molecule has 3 heteroatoms. The van der Waals surface area contributed by atoms with Gasteiger partial charge < -0.3 is 10.6 Å². The normalized spacial score (nSPS) is 20.9. The maximum absolute atomic E-state index is 12.6. The van der Waals surface area contributed by atoms with Crippen molar-refractivity contribution in [2.24, 2.45) is 5.73 Å². The van der Waals surface area contributed by atoms with E-state index in [0.717, 1.165) is 25.8 Å². The molecule has 0 spiro atoms. The molecule has 1 fully saturated rings. The molecule has 3 nitrogen and oxygen atoms in total. The first-order valence-electron chi connectivity index (χ1n) is 8.19. The molecule has 1 saturated heterocycles. The zero-order chi connectivity index (χ0) is 15.2. The van der Waals surface area contributed by atoms with E-state index in [1.165, 1.54) is 24.0 Å². The van der Waals surface area contributed by atoms with Crippen molar-refractivity contribution in [2.45, 2.75) is 64.5 Å². The van der Waals surface area contributed by atoms with Crippen LogP contribution in [0.25, 0.3) is 0 Å². The van der Waals surface area contributed by atoms with Crippen LogP contribution in [0.2, 0.25) is 0 Å². The monoisotopic (exact) mass is 288 g/mol. The van der Waals surface area contributed by atoms with Gasteiger partial charge in [0.2, 0.25) is 5.91 Å². The smallest absolute Gasteiger partial charge is 0.223 e. The quantitative estimate of drug-likeness (QED) is 0.920. The second-order valence-corrected chi connectivity index (χ2v) is 6.38. The predicted octanol–water partition coefficient (Wildman–Crippen LogP) is 3.57. The van der Waals surface area contributed by atoms with Crippen LogP contribution in [0.3, 0.4) is 0 Å². The molecule has 1 heterocycles. The van der Waals surface area contributed by atoms with E-state index >= 15 is 0 Å². The number of rotatable bonds is 4. The first kappa shape index (κ1) is 16.0. The molecule has 116 valence electrons. The van der Waals surface area contributed by atoms with Gasteiger partial charge in [0, 0.05) is 19.0 Å². The van der Waals surface area contributed by atoms with Crippen molar-refractivity contribution in [3.05, 3.63) is 35.4 Å². The second kappa shape index (κ2) is 7.60. The van der Waals surface area contributed by atoms with Crippen molar-refractivity contribution in [3.8, 4) is 0 Å². The van der Waals surface area contributed by atoms with Crippen molar-refractivity contribution in [3.63, 3.8) is 0 Å². The third-order valence-corrected chi connectivity index (χ3v) is 4.31. The third-order valence-electron chi connectivity index (χ3n) is 4.31. The van der Waals surface area contributed by atoms with Crippen LogP contribution in [-0.2, 0) is 4.79 Å². The van der Waals surface area contributed by atoms with Crippen LogP contribution in [0.4, 0.5) is 0 Å². The summed E-state index contributed by atoms with van der Waals surface area (Å²) in [5, 5.41) is 0. The van der Waals surface area contributed by atoms with Crippen LogP contribution >= 0.6 is 0 Å². The summed E-state index contributed by atoms with van der Waals surface area (Å²) < 4.78 is 0. The Morgan fingerprint density at radius 3 is 2.90 bits per heavy atom. The molecule has 2 rings (SSSR count). The Hall–Kier alpha value is -1.35. The van der Waals surface area contributed by atoms with Gasteiger partial charge >= 0.3 is 0 Å². The lowest BCUT2D eigenvalue weighted by molar-refractivity contribution is -0.133. The maximum Gasteiger partial charge on any atom is 0.223 e. The molecule has 0 aromatic heterocycles. The Balaban J connectivity index is 2.16. The molecule has 21 heavy (non-hydrogen) atoms. The summed E-state index contributed by atoms with van der Waals surface area (Å²) in [6.07, 6.45) is 5.96. The average Bonchev–Trinajstić information content (AvgIpc) is 2.70. The van der Waals surface area contributed by atoms with Crippen molar-refractivity contribution in [1.29, 1.82) is 0 Å². The van der Waals surface area contributed by atoms with Gasteiger partial charge in [-0.05, 0) is 38.7 Å².